The molecular weight excluding hydrogens is 398 g/mol. The first-order valence-electron chi connectivity index (χ1n) is 5.36. The molecule has 9 heteroatoms. The lowest BCUT2D eigenvalue weighted by Crippen LogP contribution is -2.32. The Kier molecular flexibility index (Phi) is 5.96. The molecule has 1 aromatic rings. The summed E-state index contributed by atoms with van der Waals surface area (Å²) in [4.78, 5) is 33.3. The van der Waals surface area contributed by atoms with E-state index in [1.807, 2.05) is 0 Å². The molecule has 0 unspecified atom stereocenters. The lowest BCUT2D eigenvalue weighted by molar-refractivity contribution is -0.117. The van der Waals surface area contributed by atoms with Crippen molar-refractivity contribution in [2.24, 2.45) is 5.73 Å². The first kappa shape index (κ1) is 16.4. The van der Waals surface area contributed by atoms with E-state index in [0.29, 0.717) is 8.95 Å². The number of amides is 3. The highest BCUT2D eigenvalue weighted by Gasteiger charge is 2.16. The molecule has 0 aliphatic rings. The fourth-order valence-electron chi connectivity index (χ4n) is 1.33. The minimum absolute atomic E-state index is 0.000709. The third kappa shape index (κ3) is 4.82. The van der Waals surface area contributed by atoms with Crippen LogP contribution in [0.4, 0.5) is 10.5 Å². The van der Waals surface area contributed by atoms with E-state index in [2.05, 4.69) is 42.5 Å². The number of nitrogens with two attached hydrogens (primary N) is 1. The van der Waals surface area contributed by atoms with Crippen molar-refractivity contribution < 1.29 is 19.5 Å². The van der Waals surface area contributed by atoms with Crippen LogP contribution in [-0.4, -0.2) is 29.6 Å². The van der Waals surface area contributed by atoms with Crippen LogP contribution < -0.4 is 16.4 Å². The van der Waals surface area contributed by atoms with Crippen molar-refractivity contribution in [3.05, 3.63) is 26.6 Å². The van der Waals surface area contributed by atoms with Gasteiger partial charge >= 0.3 is 12.0 Å². The molecule has 0 radical (unpaired) electrons. The molecule has 1 rings (SSSR count). The standard InChI is InChI=1S/C11H11Br2N3O4/c12-5-3-6(10(18)19)9(7(13)4-5)16-11(20)15-2-1-8(14)17/h3-4H,1-2H2,(H2,14,17)(H,18,19)(H2,15,16,20). The van der Waals surface area contributed by atoms with Gasteiger partial charge in [-0.15, -0.1) is 0 Å². The maximum atomic E-state index is 11.6. The predicted molar refractivity (Wildman–Crippen MR) is 79.6 cm³/mol. The number of nitrogens with one attached hydrogen (secondary N) is 2. The maximum absolute atomic E-state index is 11.6. The Balaban J connectivity index is 2.83. The van der Waals surface area contributed by atoms with Crippen molar-refractivity contribution in [1.29, 1.82) is 0 Å². The van der Waals surface area contributed by atoms with Gasteiger partial charge < -0.3 is 21.5 Å². The molecule has 0 aromatic heterocycles. The van der Waals surface area contributed by atoms with Crippen LogP contribution in [0.2, 0.25) is 0 Å². The van der Waals surface area contributed by atoms with Crippen molar-refractivity contribution in [3.63, 3.8) is 0 Å². The summed E-state index contributed by atoms with van der Waals surface area (Å²) in [5, 5.41) is 13.9. The van der Waals surface area contributed by atoms with Crippen molar-refractivity contribution in [2.75, 3.05) is 11.9 Å². The summed E-state index contributed by atoms with van der Waals surface area (Å²) in [6.45, 7) is 0.0672. The number of carboxylic acid groups (broad SMARTS) is 1. The Bertz CT molecular complexity index is 563. The number of urea groups is 1. The minimum Gasteiger partial charge on any atom is -0.478 e. The van der Waals surface area contributed by atoms with Crippen molar-refractivity contribution in [2.45, 2.75) is 6.42 Å². The van der Waals surface area contributed by atoms with Gasteiger partial charge in [0.25, 0.3) is 0 Å². The highest BCUT2D eigenvalue weighted by molar-refractivity contribution is 9.11. The Morgan fingerprint density at radius 2 is 1.90 bits per heavy atom. The van der Waals surface area contributed by atoms with E-state index < -0.39 is 17.9 Å². The number of rotatable bonds is 5. The number of anilines is 1. The fourth-order valence-corrected chi connectivity index (χ4v) is 2.65. The topological polar surface area (TPSA) is 122 Å². The lowest BCUT2D eigenvalue weighted by Gasteiger charge is -2.12. The van der Waals surface area contributed by atoms with E-state index >= 15 is 0 Å². The Morgan fingerprint density at radius 1 is 1.25 bits per heavy atom. The van der Waals surface area contributed by atoms with Crippen LogP contribution in [0.5, 0.6) is 0 Å². The zero-order chi connectivity index (χ0) is 15.3. The van der Waals surface area contributed by atoms with E-state index in [-0.39, 0.29) is 24.2 Å². The SMILES string of the molecule is NC(=O)CCNC(=O)Nc1c(Br)cc(Br)cc1C(=O)O. The third-order valence-corrected chi connectivity index (χ3v) is 3.26. The van der Waals surface area contributed by atoms with E-state index in [1.165, 1.54) is 6.07 Å². The molecule has 0 bridgehead atoms. The molecule has 0 saturated heterocycles. The van der Waals surface area contributed by atoms with Gasteiger partial charge in [-0.2, -0.15) is 0 Å². The van der Waals surface area contributed by atoms with Crippen LogP contribution in [-0.2, 0) is 4.79 Å². The molecule has 0 heterocycles. The second kappa shape index (κ2) is 7.25. The first-order chi connectivity index (χ1) is 9.31. The molecule has 20 heavy (non-hydrogen) atoms. The summed E-state index contributed by atoms with van der Waals surface area (Å²) >= 11 is 6.34. The number of primary amides is 1. The van der Waals surface area contributed by atoms with E-state index in [1.54, 1.807) is 6.07 Å². The molecule has 0 saturated carbocycles. The van der Waals surface area contributed by atoms with Gasteiger partial charge in [0, 0.05) is 21.9 Å². The van der Waals surface area contributed by atoms with Gasteiger partial charge in [0.1, 0.15) is 0 Å². The van der Waals surface area contributed by atoms with Gasteiger partial charge in [-0.1, -0.05) is 15.9 Å². The number of hydrogen-bond donors (Lipinski definition) is 4. The van der Waals surface area contributed by atoms with Crippen molar-refractivity contribution in [3.8, 4) is 0 Å². The van der Waals surface area contributed by atoms with Gasteiger partial charge in [-0.05, 0) is 28.1 Å². The third-order valence-electron chi connectivity index (χ3n) is 2.18. The van der Waals surface area contributed by atoms with E-state index in [4.69, 9.17) is 10.8 Å². The molecule has 0 aliphatic carbocycles. The lowest BCUT2D eigenvalue weighted by atomic mass is 10.2. The number of aromatic carboxylic acids is 1. The Labute approximate surface area is 131 Å². The summed E-state index contributed by atoms with van der Waals surface area (Å²) in [6.07, 6.45) is 0.000709. The Hall–Kier alpha value is -1.61. The van der Waals surface area contributed by atoms with Crippen molar-refractivity contribution in [1.82, 2.24) is 5.32 Å². The van der Waals surface area contributed by atoms with E-state index in [0.717, 1.165) is 0 Å². The maximum Gasteiger partial charge on any atom is 0.337 e. The van der Waals surface area contributed by atoms with Crippen molar-refractivity contribution >= 4 is 55.5 Å². The zero-order valence-electron chi connectivity index (χ0n) is 10.1. The van der Waals surface area contributed by atoms with Crippen LogP contribution in [0.3, 0.4) is 0 Å². The molecule has 7 nitrogen and oxygen atoms in total. The summed E-state index contributed by atoms with van der Waals surface area (Å²) in [6, 6.07) is 2.34. The number of benzene rings is 1. The van der Waals surface area contributed by atoms with Crippen LogP contribution >= 0.6 is 31.9 Å². The minimum atomic E-state index is -1.18. The van der Waals surface area contributed by atoms with Gasteiger partial charge in [0.15, 0.2) is 0 Å². The number of carboxylic acids is 1. The summed E-state index contributed by atoms with van der Waals surface area (Å²) in [7, 11) is 0. The molecule has 0 aliphatic heterocycles. The average molecular weight is 409 g/mol. The monoisotopic (exact) mass is 407 g/mol. The molecule has 5 N–H and O–H groups in total. The van der Waals surface area contributed by atoms with Gasteiger partial charge in [-0.25, -0.2) is 9.59 Å². The normalized spacial score (nSPS) is 9.90. The average Bonchev–Trinajstić information content (AvgIpc) is 2.31. The van der Waals surface area contributed by atoms with Gasteiger partial charge in [-0.3, -0.25) is 4.79 Å². The quantitative estimate of drug-likeness (QED) is 0.594. The number of carbonyl (C=O) groups is 3. The van der Waals surface area contributed by atoms with E-state index in [9.17, 15) is 14.4 Å². The van der Waals surface area contributed by atoms with Crippen LogP contribution in [0.15, 0.2) is 21.1 Å². The summed E-state index contributed by atoms with van der Waals surface area (Å²) < 4.78 is 0.968. The molecule has 0 fully saturated rings. The smallest absolute Gasteiger partial charge is 0.337 e. The van der Waals surface area contributed by atoms with Crippen LogP contribution in [0.25, 0.3) is 0 Å². The Morgan fingerprint density at radius 3 is 2.45 bits per heavy atom. The predicted octanol–water partition coefficient (Wildman–Crippen LogP) is 1.91. The highest BCUT2D eigenvalue weighted by atomic mass is 79.9. The largest absolute Gasteiger partial charge is 0.478 e. The van der Waals surface area contributed by atoms with Crippen LogP contribution in [0, 0.1) is 0 Å². The second-order valence-electron chi connectivity index (χ2n) is 3.71. The van der Waals surface area contributed by atoms with Crippen LogP contribution in [0.1, 0.15) is 16.8 Å². The first-order valence-corrected chi connectivity index (χ1v) is 6.95. The summed E-state index contributed by atoms with van der Waals surface area (Å²) in [5.74, 6) is -1.72. The highest BCUT2D eigenvalue weighted by Crippen LogP contribution is 2.30. The molecule has 0 spiro atoms. The molecular formula is C11H11Br2N3O4. The number of halogens is 2. The fraction of sp³-hybridized carbons (Fsp3) is 0.182. The molecule has 0 atom stereocenters. The van der Waals surface area contributed by atoms with Gasteiger partial charge in [0.2, 0.25) is 5.91 Å². The molecule has 3 amide bonds. The zero-order valence-corrected chi connectivity index (χ0v) is 13.2. The number of carbonyl (C=O) groups excluding carboxylic acids is 2. The van der Waals surface area contributed by atoms with Gasteiger partial charge in [0.05, 0.1) is 11.3 Å². The second-order valence-corrected chi connectivity index (χ2v) is 5.48. The molecule has 1 aromatic carbocycles. The molecule has 108 valence electrons. The summed E-state index contributed by atoms with van der Waals surface area (Å²) in [5.41, 5.74) is 4.98. The number of hydrogen-bond acceptors (Lipinski definition) is 3.